The van der Waals surface area contributed by atoms with Gasteiger partial charge in [0.1, 0.15) is 9.96 Å². The maximum Gasteiger partial charge on any atom is 0.250 e. The van der Waals surface area contributed by atoms with E-state index in [1.54, 1.807) is 13.2 Å². The van der Waals surface area contributed by atoms with Crippen LogP contribution in [0.1, 0.15) is 16.9 Å². The van der Waals surface area contributed by atoms with Crippen LogP contribution in [0.4, 0.5) is 5.69 Å². The Hall–Kier alpha value is -1.57. The molecule has 0 aliphatic carbocycles. The summed E-state index contributed by atoms with van der Waals surface area (Å²) in [6, 6.07) is 9.47. The summed E-state index contributed by atoms with van der Waals surface area (Å²) in [5.41, 5.74) is 2.02. The Bertz CT molecular complexity index is 811. The van der Waals surface area contributed by atoms with Crippen molar-refractivity contribution in [2.75, 3.05) is 25.1 Å². The van der Waals surface area contributed by atoms with Crippen LogP contribution in [-0.2, 0) is 10.0 Å². The van der Waals surface area contributed by atoms with Crippen LogP contribution in [0.2, 0.25) is 0 Å². The fraction of sp³-hybridized carbons (Fsp3) is 0.412. The Labute approximate surface area is 147 Å². The van der Waals surface area contributed by atoms with Crippen LogP contribution >= 0.6 is 11.3 Å². The van der Waals surface area contributed by atoms with E-state index < -0.39 is 10.0 Å². The van der Waals surface area contributed by atoms with Crippen molar-refractivity contribution in [2.24, 2.45) is 0 Å². The predicted molar refractivity (Wildman–Crippen MR) is 97.7 cm³/mol. The quantitative estimate of drug-likeness (QED) is 0.884. The summed E-state index contributed by atoms with van der Waals surface area (Å²) < 4.78 is 33.8. The molecule has 3 rings (SSSR count). The summed E-state index contributed by atoms with van der Waals surface area (Å²) in [6.45, 7) is 5.32. The summed E-state index contributed by atoms with van der Waals surface area (Å²) in [5.74, 6) is 0.811. The lowest BCUT2D eigenvalue weighted by Gasteiger charge is -2.21. The monoisotopic (exact) mass is 366 g/mol. The molecule has 130 valence electrons. The maximum absolute atomic E-state index is 12.6. The molecular formula is C17H22N2O3S2. The summed E-state index contributed by atoms with van der Waals surface area (Å²) in [5, 5.41) is 0. The van der Waals surface area contributed by atoms with E-state index in [0.29, 0.717) is 10.8 Å². The van der Waals surface area contributed by atoms with Gasteiger partial charge in [0, 0.05) is 24.0 Å². The molecule has 1 saturated heterocycles. The average molecular weight is 367 g/mol. The first-order chi connectivity index (χ1) is 11.4. The normalized spacial score (nSPS) is 18.1. The minimum absolute atomic E-state index is 0.0948. The number of ether oxygens (including phenoxy) is 1. The number of hydrogen-bond donors (Lipinski definition) is 1. The highest BCUT2D eigenvalue weighted by Gasteiger charge is 2.29. The largest absolute Gasteiger partial charge is 0.495 e. The molecule has 0 saturated carbocycles. The van der Waals surface area contributed by atoms with Gasteiger partial charge < -0.3 is 9.64 Å². The van der Waals surface area contributed by atoms with Crippen molar-refractivity contribution in [2.45, 2.75) is 30.5 Å². The summed E-state index contributed by atoms with van der Waals surface area (Å²) in [4.78, 5) is 3.20. The summed E-state index contributed by atoms with van der Waals surface area (Å²) in [6.07, 6.45) is 0.778. The van der Waals surface area contributed by atoms with E-state index in [1.807, 2.05) is 38.1 Å². The summed E-state index contributed by atoms with van der Waals surface area (Å²) >= 11 is 1.32. The number of nitrogens with one attached hydrogen (secondary N) is 1. The van der Waals surface area contributed by atoms with E-state index in [0.717, 1.165) is 34.8 Å². The molecule has 24 heavy (non-hydrogen) atoms. The van der Waals surface area contributed by atoms with E-state index in [2.05, 4.69) is 9.62 Å². The topological polar surface area (TPSA) is 58.6 Å². The van der Waals surface area contributed by atoms with Gasteiger partial charge in [-0.05, 0) is 44.0 Å². The van der Waals surface area contributed by atoms with E-state index in [4.69, 9.17) is 4.74 Å². The van der Waals surface area contributed by atoms with Crippen LogP contribution < -0.4 is 14.4 Å². The van der Waals surface area contributed by atoms with E-state index in [9.17, 15) is 8.42 Å². The van der Waals surface area contributed by atoms with Crippen molar-refractivity contribution < 1.29 is 13.2 Å². The first kappa shape index (κ1) is 17.3. The number of sulfonamides is 1. The number of hydrogen-bond acceptors (Lipinski definition) is 5. The number of aryl methyl sites for hydroxylation is 2. The number of methoxy groups -OCH3 is 1. The highest BCUT2D eigenvalue weighted by Crippen LogP contribution is 2.31. The number of rotatable bonds is 5. The first-order valence-corrected chi connectivity index (χ1v) is 10.2. The van der Waals surface area contributed by atoms with Gasteiger partial charge in [-0.25, -0.2) is 13.1 Å². The third-order valence-electron chi connectivity index (χ3n) is 4.34. The minimum Gasteiger partial charge on any atom is -0.495 e. The molecule has 1 N–H and O–H groups in total. The van der Waals surface area contributed by atoms with Crippen molar-refractivity contribution in [3.8, 4) is 5.75 Å². The lowest BCUT2D eigenvalue weighted by Crippen LogP contribution is -2.36. The molecule has 0 bridgehead atoms. The van der Waals surface area contributed by atoms with Crippen LogP contribution in [0.15, 0.2) is 34.5 Å². The molecule has 1 atom stereocenters. The fourth-order valence-electron chi connectivity index (χ4n) is 2.92. The van der Waals surface area contributed by atoms with Crippen LogP contribution in [0.25, 0.3) is 0 Å². The molecule has 0 spiro atoms. The standard InChI is InChI=1S/C17H22N2O3S2/c1-12-10-17(23-13(12)2)24(20,21)18-14-8-9-19(11-14)15-6-4-5-7-16(15)22-3/h4-7,10,14,18H,8-9,11H2,1-3H3. The zero-order valence-electron chi connectivity index (χ0n) is 14.1. The van der Waals surface area contributed by atoms with E-state index in [1.165, 1.54) is 11.3 Å². The molecular weight excluding hydrogens is 344 g/mol. The van der Waals surface area contributed by atoms with Gasteiger partial charge in [0.15, 0.2) is 0 Å². The molecule has 1 aliphatic heterocycles. The van der Waals surface area contributed by atoms with Gasteiger partial charge in [0.25, 0.3) is 0 Å². The number of thiophene rings is 1. The molecule has 1 aliphatic rings. The molecule has 2 heterocycles. The lowest BCUT2D eigenvalue weighted by atomic mass is 10.2. The second kappa shape index (κ2) is 6.74. The zero-order chi connectivity index (χ0) is 17.3. The second-order valence-corrected chi connectivity index (χ2v) is 9.23. The molecule has 1 unspecified atom stereocenters. The van der Waals surface area contributed by atoms with Crippen molar-refractivity contribution >= 4 is 27.0 Å². The third-order valence-corrected chi connectivity index (χ3v) is 7.49. The lowest BCUT2D eigenvalue weighted by molar-refractivity contribution is 0.415. The Balaban J connectivity index is 1.72. The molecule has 7 heteroatoms. The third kappa shape index (κ3) is 3.43. The van der Waals surface area contributed by atoms with Gasteiger partial charge in [-0.3, -0.25) is 0 Å². The predicted octanol–water partition coefficient (Wildman–Crippen LogP) is 2.93. The maximum atomic E-state index is 12.6. The number of para-hydroxylation sites is 2. The van der Waals surface area contributed by atoms with Gasteiger partial charge in [0.2, 0.25) is 10.0 Å². The number of nitrogens with zero attached hydrogens (tertiary/aromatic N) is 1. The van der Waals surface area contributed by atoms with Crippen molar-refractivity contribution in [1.29, 1.82) is 0 Å². The van der Waals surface area contributed by atoms with Crippen molar-refractivity contribution in [3.05, 3.63) is 40.8 Å². The molecule has 5 nitrogen and oxygen atoms in total. The SMILES string of the molecule is COc1ccccc1N1CCC(NS(=O)(=O)c2cc(C)c(C)s2)C1. The second-order valence-electron chi connectivity index (χ2n) is 6.03. The van der Waals surface area contributed by atoms with Gasteiger partial charge in [-0.2, -0.15) is 0 Å². The van der Waals surface area contributed by atoms with E-state index in [-0.39, 0.29) is 6.04 Å². The Morgan fingerprint density at radius 3 is 2.71 bits per heavy atom. The summed E-state index contributed by atoms with van der Waals surface area (Å²) in [7, 11) is -1.81. The van der Waals surface area contributed by atoms with Crippen LogP contribution in [0.3, 0.4) is 0 Å². The average Bonchev–Trinajstić information content (AvgIpc) is 3.14. The molecule has 2 aromatic rings. The highest BCUT2D eigenvalue weighted by molar-refractivity contribution is 7.91. The number of benzene rings is 1. The first-order valence-electron chi connectivity index (χ1n) is 7.88. The van der Waals surface area contributed by atoms with Crippen LogP contribution in [0, 0.1) is 13.8 Å². The Morgan fingerprint density at radius 2 is 2.04 bits per heavy atom. The van der Waals surface area contributed by atoms with Gasteiger partial charge in [-0.15, -0.1) is 11.3 Å². The highest BCUT2D eigenvalue weighted by atomic mass is 32.2. The molecule has 1 aromatic heterocycles. The molecule has 0 amide bonds. The molecule has 1 fully saturated rings. The minimum atomic E-state index is -3.46. The molecule has 1 aromatic carbocycles. The smallest absolute Gasteiger partial charge is 0.250 e. The van der Waals surface area contributed by atoms with Gasteiger partial charge >= 0.3 is 0 Å². The fourth-order valence-corrected chi connectivity index (χ4v) is 5.71. The van der Waals surface area contributed by atoms with Crippen molar-refractivity contribution in [3.63, 3.8) is 0 Å². The zero-order valence-corrected chi connectivity index (χ0v) is 15.7. The van der Waals surface area contributed by atoms with Gasteiger partial charge in [0.05, 0.1) is 12.8 Å². The van der Waals surface area contributed by atoms with Crippen molar-refractivity contribution in [1.82, 2.24) is 4.72 Å². The number of anilines is 1. The Kier molecular flexibility index (Phi) is 4.85. The Morgan fingerprint density at radius 1 is 1.29 bits per heavy atom. The van der Waals surface area contributed by atoms with E-state index >= 15 is 0 Å². The van der Waals surface area contributed by atoms with Crippen LogP contribution in [-0.4, -0.2) is 34.7 Å². The van der Waals surface area contributed by atoms with Crippen LogP contribution in [0.5, 0.6) is 5.75 Å². The van der Waals surface area contributed by atoms with Gasteiger partial charge in [-0.1, -0.05) is 12.1 Å². The molecule has 0 radical (unpaired) electrons.